The van der Waals surface area contributed by atoms with Gasteiger partial charge in [-0.2, -0.15) is 4.98 Å². The predicted molar refractivity (Wildman–Crippen MR) is 80.6 cm³/mol. The number of ether oxygens (including phenoxy) is 1. The first-order valence-electron chi connectivity index (χ1n) is 7.16. The van der Waals surface area contributed by atoms with E-state index in [4.69, 9.17) is 13.7 Å². The van der Waals surface area contributed by atoms with Crippen molar-refractivity contribution in [2.24, 2.45) is 0 Å². The van der Waals surface area contributed by atoms with Gasteiger partial charge in [0.05, 0.1) is 19.7 Å². The molecule has 23 heavy (non-hydrogen) atoms. The molecule has 0 radical (unpaired) electrons. The normalized spacial score (nSPS) is 12.3. The molecule has 1 aromatic carbocycles. The summed E-state index contributed by atoms with van der Waals surface area (Å²) in [6.07, 6.45) is 0. The first-order valence-corrected chi connectivity index (χ1v) is 7.16. The third-order valence-corrected chi connectivity index (χ3v) is 3.27. The second-order valence-electron chi connectivity index (χ2n) is 5.01. The van der Waals surface area contributed by atoms with Gasteiger partial charge in [-0.05, 0) is 19.1 Å². The summed E-state index contributed by atoms with van der Waals surface area (Å²) in [7, 11) is 1.62. The zero-order valence-electron chi connectivity index (χ0n) is 13.1. The van der Waals surface area contributed by atoms with E-state index in [-0.39, 0.29) is 6.04 Å². The van der Waals surface area contributed by atoms with E-state index in [2.05, 4.69) is 25.7 Å². The number of benzene rings is 1. The highest BCUT2D eigenvalue weighted by Crippen LogP contribution is 2.22. The molecule has 1 N–H and O–H groups in total. The molecule has 8 heteroatoms. The molecule has 0 unspecified atom stereocenters. The Morgan fingerprint density at radius 3 is 2.91 bits per heavy atom. The summed E-state index contributed by atoms with van der Waals surface area (Å²) >= 11 is 0. The highest BCUT2D eigenvalue weighted by atomic mass is 16.5. The van der Waals surface area contributed by atoms with Gasteiger partial charge in [0, 0.05) is 12.5 Å². The van der Waals surface area contributed by atoms with Crippen molar-refractivity contribution in [3.8, 4) is 17.1 Å². The van der Waals surface area contributed by atoms with Crippen LogP contribution in [0.3, 0.4) is 0 Å². The Kier molecular flexibility index (Phi) is 4.33. The molecule has 1 atom stereocenters. The number of rotatable bonds is 6. The molecule has 2 aromatic heterocycles. The highest BCUT2D eigenvalue weighted by molar-refractivity contribution is 5.56. The third kappa shape index (κ3) is 3.54. The van der Waals surface area contributed by atoms with Crippen molar-refractivity contribution in [1.29, 1.82) is 0 Å². The average molecular weight is 315 g/mol. The number of nitrogens with zero attached hydrogens (tertiary/aromatic N) is 4. The standard InChI is InChI=1S/C15H17N5O3/c1-9(16-8-13-19-18-10(2)22-13)15-17-14(20-23-15)11-5-4-6-12(7-11)21-3/h4-7,9,16H,8H2,1-3H3/t9-/m1/s1. The molecule has 0 saturated carbocycles. The number of nitrogens with one attached hydrogen (secondary N) is 1. The summed E-state index contributed by atoms with van der Waals surface area (Å²) in [5.41, 5.74) is 0.832. The molecule has 2 heterocycles. The van der Waals surface area contributed by atoms with Gasteiger partial charge in [-0.15, -0.1) is 10.2 Å². The van der Waals surface area contributed by atoms with E-state index in [1.54, 1.807) is 14.0 Å². The minimum atomic E-state index is -0.144. The van der Waals surface area contributed by atoms with E-state index in [0.29, 0.717) is 30.0 Å². The summed E-state index contributed by atoms with van der Waals surface area (Å²) in [6, 6.07) is 7.35. The lowest BCUT2D eigenvalue weighted by molar-refractivity contribution is 0.331. The highest BCUT2D eigenvalue weighted by Gasteiger charge is 2.16. The van der Waals surface area contributed by atoms with E-state index in [1.165, 1.54) is 0 Å². The van der Waals surface area contributed by atoms with Crippen molar-refractivity contribution in [3.63, 3.8) is 0 Å². The summed E-state index contributed by atoms with van der Waals surface area (Å²) in [4.78, 5) is 4.41. The van der Waals surface area contributed by atoms with E-state index >= 15 is 0 Å². The molecule has 3 aromatic rings. The monoisotopic (exact) mass is 315 g/mol. The van der Waals surface area contributed by atoms with Crippen LogP contribution in [-0.4, -0.2) is 27.4 Å². The zero-order valence-corrected chi connectivity index (χ0v) is 13.1. The van der Waals surface area contributed by atoms with Gasteiger partial charge in [-0.3, -0.25) is 5.32 Å². The Bertz CT molecular complexity index is 783. The van der Waals surface area contributed by atoms with E-state index in [9.17, 15) is 0 Å². The van der Waals surface area contributed by atoms with Crippen molar-refractivity contribution in [3.05, 3.63) is 41.9 Å². The number of aromatic nitrogens is 4. The van der Waals surface area contributed by atoms with Crippen LogP contribution in [0.4, 0.5) is 0 Å². The van der Waals surface area contributed by atoms with Crippen molar-refractivity contribution >= 4 is 0 Å². The number of methoxy groups -OCH3 is 1. The van der Waals surface area contributed by atoms with Gasteiger partial charge in [0.2, 0.25) is 23.5 Å². The van der Waals surface area contributed by atoms with E-state index < -0.39 is 0 Å². The fourth-order valence-electron chi connectivity index (χ4n) is 2.03. The lowest BCUT2D eigenvalue weighted by Crippen LogP contribution is -2.18. The zero-order chi connectivity index (χ0) is 16.2. The Morgan fingerprint density at radius 2 is 2.17 bits per heavy atom. The average Bonchev–Trinajstić information content (AvgIpc) is 3.22. The summed E-state index contributed by atoms with van der Waals surface area (Å²) in [6.45, 7) is 4.10. The first kappa shape index (κ1) is 15.2. The molecule has 3 rings (SSSR count). The predicted octanol–water partition coefficient (Wildman–Crippen LogP) is 2.29. The smallest absolute Gasteiger partial charge is 0.243 e. The first-order chi connectivity index (χ1) is 11.2. The number of hydrogen-bond donors (Lipinski definition) is 1. The summed E-state index contributed by atoms with van der Waals surface area (Å²) in [5.74, 6) is 2.79. The van der Waals surface area contributed by atoms with Crippen LogP contribution in [0, 0.1) is 6.92 Å². The third-order valence-electron chi connectivity index (χ3n) is 3.27. The molecule has 0 saturated heterocycles. The van der Waals surface area contributed by atoms with Crippen LogP contribution in [0.2, 0.25) is 0 Å². The van der Waals surface area contributed by atoms with E-state index in [0.717, 1.165) is 11.3 Å². The molecular weight excluding hydrogens is 298 g/mol. The molecule has 0 aliphatic rings. The van der Waals surface area contributed by atoms with Crippen LogP contribution >= 0.6 is 0 Å². The number of hydrogen-bond acceptors (Lipinski definition) is 8. The summed E-state index contributed by atoms with van der Waals surface area (Å²) in [5, 5.41) is 14.9. The van der Waals surface area contributed by atoms with Crippen LogP contribution in [0.5, 0.6) is 5.75 Å². The van der Waals surface area contributed by atoms with Crippen molar-refractivity contribution in [1.82, 2.24) is 25.7 Å². The van der Waals surface area contributed by atoms with Gasteiger partial charge in [0.25, 0.3) is 0 Å². The molecule has 0 aliphatic heterocycles. The van der Waals surface area contributed by atoms with Gasteiger partial charge in [-0.1, -0.05) is 17.3 Å². The Hall–Kier alpha value is -2.74. The quantitative estimate of drug-likeness (QED) is 0.739. The van der Waals surface area contributed by atoms with Crippen molar-refractivity contribution < 1.29 is 13.7 Å². The van der Waals surface area contributed by atoms with Gasteiger partial charge < -0.3 is 13.7 Å². The molecule has 0 spiro atoms. The van der Waals surface area contributed by atoms with Gasteiger partial charge >= 0.3 is 0 Å². The van der Waals surface area contributed by atoms with Gasteiger partial charge in [-0.25, -0.2) is 0 Å². The SMILES string of the molecule is COc1cccc(-c2noc([C@@H](C)NCc3nnc(C)o3)n2)c1. The van der Waals surface area contributed by atoms with Crippen LogP contribution in [-0.2, 0) is 6.54 Å². The molecular formula is C15H17N5O3. The maximum absolute atomic E-state index is 5.32. The summed E-state index contributed by atoms with van der Waals surface area (Å²) < 4.78 is 15.8. The molecule has 0 amide bonds. The van der Waals surface area contributed by atoms with E-state index in [1.807, 2.05) is 31.2 Å². The van der Waals surface area contributed by atoms with Crippen LogP contribution in [0.1, 0.15) is 30.6 Å². The topological polar surface area (TPSA) is 99.1 Å². The Labute approximate surface area is 132 Å². The van der Waals surface area contributed by atoms with Crippen LogP contribution < -0.4 is 10.1 Å². The van der Waals surface area contributed by atoms with Crippen molar-refractivity contribution in [2.45, 2.75) is 26.4 Å². The van der Waals surface area contributed by atoms with Gasteiger partial charge in [0.1, 0.15) is 5.75 Å². The lowest BCUT2D eigenvalue weighted by Gasteiger charge is -2.06. The number of aryl methyl sites for hydroxylation is 1. The molecule has 0 fully saturated rings. The fraction of sp³-hybridized carbons (Fsp3) is 0.333. The lowest BCUT2D eigenvalue weighted by atomic mass is 10.2. The molecule has 0 aliphatic carbocycles. The Morgan fingerprint density at radius 1 is 1.30 bits per heavy atom. The van der Waals surface area contributed by atoms with Crippen LogP contribution in [0.25, 0.3) is 11.4 Å². The Balaban J connectivity index is 1.68. The van der Waals surface area contributed by atoms with Crippen molar-refractivity contribution in [2.75, 3.05) is 7.11 Å². The van der Waals surface area contributed by atoms with Gasteiger partial charge in [0.15, 0.2) is 0 Å². The van der Waals surface area contributed by atoms with Crippen LogP contribution in [0.15, 0.2) is 33.2 Å². The maximum atomic E-state index is 5.32. The second kappa shape index (κ2) is 6.57. The fourth-order valence-corrected chi connectivity index (χ4v) is 2.03. The maximum Gasteiger partial charge on any atom is 0.243 e. The molecule has 8 nitrogen and oxygen atoms in total. The minimum Gasteiger partial charge on any atom is -0.497 e. The molecule has 0 bridgehead atoms. The largest absolute Gasteiger partial charge is 0.497 e. The second-order valence-corrected chi connectivity index (χ2v) is 5.01. The minimum absolute atomic E-state index is 0.144. The molecule has 120 valence electrons.